The highest BCUT2D eigenvalue weighted by Gasteiger charge is 2.34. The lowest BCUT2D eigenvalue weighted by molar-refractivity contribution is -0.143. The van der Waals surface area contributed by atoms with Gasteiger partial charge in [0.25, 0.3) is 5.56 Å². The topological polar surface area (TPSA) is 100 Å². The molecule has 0 spiro atoms. The Hall–Kier alpha value is -4.21. The number of fused-ring (bicyclic) bond motifs is 1. The first kappa shape index (κ1) is 29.3. The van der Waals surface area contributed by atoms with Gasteiger partial charge in [0.15, 0.2) is 4.80 Å². The molecule has 0 bridgehead atoms. The number of nitrogens with zero attached hydrogens (tertiary/aromatic N) is 2. The maximum Gasteiger partial charge on any atom is 0.339 e. The van der Waals surface area contributed by atoms with Gasteiger partial charge in [0.05, 0.1) is 33.6 Å². The van der Waals surface area contributed by atoms with Crippen molar-refractivity contribution in [3.05, 3.63) is 114 Å². The molecular formula is C32H29ClN2O6S. The molecule has 0 fully saturated rings. The molecule has 1 aliphatic rings. The first-order chi connectivity index (χ1) is 20.0. The molecule has 0 aliphatic carbocycles. The van der Waals surface area contributed by atoms with Crippen molar-refractivity contribution < 1.29 is 23.5 Å². The second kappa shape index (κ2) is 12.0. The molecule has 216 valence electrons. The van der Waals surface area contributed by atoms with Gasteiger partial charge >= 0.3 is 11.9 Å². The van der Waals surface area contributed by atoms with E-state index in [0.29, 0.717) is 48.3 Å². The average molecular weight is 605 g/mol. The van der Waals surface area contributed by atoms with Crippen LogP contribution in [0.4, 0.5) is 0 Å². The zero-order chi connectivity index (χ0) is 30.1. The minimum absolute atomic E-state index is 0.251. The maximum atomic E-state index is 13.9. The summed E-state index contributed by atoms with van der Waals surface area (Å²) in [5, 5.41) is 0.409. The second-order valence-electron chi connectivity index (χ2n) is 10.3. The quantitative estimate of drug-likeness (QED) is 0.252. The summed E-state index contributed by atoms with van der Waals surface area (Å²) in [5.74, 6) is -0.148. The minimum Gasteiger partial charge on any atom is -0.459 e. The monoisotopic (exact) mass is 604 g/mol. The SMILES string of the molecule is CC1=C(C(=O)OC(C)C)C(c2ccccc2Cl)n2c(sc(=Cc3ccc(-c4ccccc4C(=O)OC(C)C)o3)c2=O)=N1. The van der Waals surface area contributed by atoms with Crippen LogP contribution in [0, 0.1) is 0 Å². The second-order valence-corrected chi connectivity index (χ2v) is 11.7. The number of carbonyl (C=O) groups is 2. The van der Waals surface area contributed by atoms with Crippen molar-refractivity contribution >= 4 is 41.0 Å². The fourth-order valence-corrected chi connectivity index (χ4v) is 5.97. The summed E-state index contributed by atoms with van der Waals surface area (Å²) in [6, 6.07) is 16.7. The number of thiazole rings is 1. The van der Waals surface area contributed by atoms with Crippen LogP contribution >= 0.6 is 22.9 Å². The van der Waals surface area contributed by atoms with E-state index in [1.807, 2.05) is 0 Å². The van der Waals surface area contributed by atoms with Crippen molar-refractivity contribution in [3.63, 3.8) is 0 Å². The zero-order valence-electron chi connectivity index (χ0n) is 23.7. The number of rotatable bonds is 7. The fraction of sp³-hybridized carbons (Fsp3) is 0.250. The summed E-state index contributed by atoms with van der Waals surface area (Å²) in [7, 11) is 0. The molecule has 42 heavy (non-hydrogen) atoms. The van der Waals surface area contributed by atoms with Crippen molar-refractivity contribution in [1.82, 2.24) is 4.57 Å². The number of halogens is 1. The first-order valence-electron chi connectivity index (χ1n) is 13.4. The van der Waals surface area contributed by atoms with Gasteiger partial charge in [-0.05, 0) is 64.4 Å². The van der Waals surface area contributed by atoms with E-state index in [2.05, 4.69) is 4.99 Å². The molecule has 2 aromatic heterocycles. The summed E-state index contributed by atoms with van der Waals surface area (Å²) < 4.78 is 18.8. The van der Waals surface area contributed by atoms with Crippen LogP contribution in [-0.4, -0.2) is 28.7 Å². The third-order valence-electron chi connectivity index (χ3n) is 6.44. The molecule has 1 unspecified atom stereocenters. The smallest absolute Gasteiger partial charge is 0.339 e. The van der Waals surface area contributed by atoms with E-state index in [9.17, 15) is 14.4 Å². The maximum absolute atomic E-state index is 13.9. The number of hydrogen-bond acceptors (Lipinski definition) is 8. The van der Waals surface area contributed by atoms with E-state index in [0.717, 1.165) is 0 Å². The van der Waals surface area contributed by atoms with Crippen molar-refractivity contribution in [1.29, 1.82) is 0 Å². The molecule has 3 heterocycles. The van der Waals surface area contributed by atoms with Crippen molar-refractivity contribution in [3.8, 4) is 11.3 Å². The molecule has 0 radical (unpaired) electrons. The lowest BCUT2D eigenvalue weighted by atomic mass is 9.96. The Kier molecular flexibility index (Phi) is 8.34. The van der Waals surface area contributed by atoms with Gasteiger partial charge in [0.2, 0.25) is 0 Å². The summed E-state index contributed by atoms with van der Waals surface area (Å²) in [6.45, 7) is 8.82. The normalized spacial score (nSPS) is 15.1. The summed E-state index contributed by atoms with van der Waals surface area (Å²) in [6.07, 6.45) is 0.992. The lowest BCUT2D eigenvalue weighted by Gasteiger charge is -2.26. The zero-order valence-corrected chi connectivity index (χ0v) is 25.3. The number of aromatic nitrogens is 1. The Labute approximate surface area is 251 Å². The van der Waals surface area contributed by atoms with Gasteiger partial charge in [-0.3, -0.25) is 9.36 Å². The van der Waals surface area contributed by atoms with Crippen molar-refractivity contribution in [2.75, 3.05) is 0 Å². The molecule has 0 amide bonds. The summed E-state index contributed by atoms with van der Waals surface area (Å²) in [5.41, 5.74) is 1.88. The number of allylic oxidation sites excluding steroid dienone is 1. The van der Waals surface area contributed by atoms with Gasteiger partial charge in [0, 0.05) is 16.7 Å². The standard InChI is InChI=1S/C32H29ClN2O6S/c1-17(2)39-30(37)22-11-7-6-10-21(22)25-15-14-20(41-25)16-26-29(36)35-28(23-12-8-9-13-24(23)33)27(31(38)40-18(3)4)19(5)34-32(35)42-26/h6-18,28H,1-5H3. The van der Waals surface area contributed by atoms with Gasteiger partial charge in [-0.15, -0.1) is 0 Å². The van der Waals surface area contributed by atoms with E-state index in [1.165, 1.54) is 15.9 Å². The van der Waals surface area contributed by atoms with Gasteiger partial charge < -0.3 is 13.9 Å². The molecule has 0 N–H and O–H groups in total. The molecule has 0 saturated carbocycles. The van der Waals surface area contributed by atoms with Gasteiger partial charge in [-0.2, -0.15) is 0 Å². The first-order valence-corrected chi connectivity index (χ1v) is 14.6. The molecule has 1 aliphatic heterocycles. The highest BCUT2D eigenvalue weighted by molar-refractivity contribution is 7.07. The Morgan fingerprint density at radius 3 is 2.36 bits per heavy atom. The Bertz CT molecular complexity index is 1900. The number of ether oxygens (including phenoxy) is 2. The van der Waals surface area contributed by atoms with Crippen LogP contribution < -0.4 is 14.9 Å². The third kappa shape index (κ3) is 5.75. The van der Waals surface area contributed by atoms with Crippen LogP contribution in [0.2, 0.25) is 5.02 Å². The molecule has 4 aromatic rings. The minimum atomic E-state index is -0.825. The van der Waals surface area contributed by atoms with Crippen LogP contribution in [0.3, 0.4) is 0 Å². The van der Waals surface area contributed by atoms with E-state index >= 15 is 0 Å². The molecule has 1 atom stereocenters. The van der Waals surface area contributed by atoms with Crippen LogP contribution in [0.25, 0.3) is 17.4 Å². The van der Waals surface area contributed by atoms with E-state index in [-0.39, 0.29) is 23.3 Å². The largest absolute Gasteiger partial charge is 0.459 e. The number of carbonyl (C=O) groups excluding carboxylic acids is 2. The number of furan rings is 1. The van der Waals surface area contributed by atoms with Crippen LogP contribution in [-0.2, 0) is 14.3 Å². The van der Waals surface area contributed by atoms with E-state index < -0.39 is 18.0 Å². The average Bonchev–Trinajstić information content (AvgIpc) is 3.51. The van der Waals surface area contributed by atoms with Gasteiger partial charge in [-0.1, -0.05) is 59.3 Å². The Morgan fingerprint density at radius 2 is 1.64 bits per heavy atom. The van der Waals surface area contributed by atoms with Crippen molar-refractivity contribution in [2.24, 2.45) is 4.99 Å². The highest BCUT2D eigenvalue weighted by atomic mass is 35.5. The molecular weight excluding hydrogens is 576 g/mol. The Morgan fingerprint density at radius 1 is 0.976 bits per heavy atom. The Balaban J connectivity index is 1.60. The van der Waals surface area contributed by atoms with Crippen LogP contribution in [0.5, 0.6) is 0 Å². The van der Waals surface area contributed by atoms with E-state index in [1.54, 1.807) is 101 Å². The summed E-state index contributed by atoms with van der Waals surface area (Å²) in [4.78, 5) is 44.8. The molecule has 5 rings (SSSR count). The predicted octanol–water partition coefficient (Wildman–Crippen LogP) is 5.67. The number of hydrogen-bond donors (Lipinski definition) is 0. The summed E-state index contributed by atoms with van der Waals surface area (Å²) >= 11 is 7.76. The number of esters is 2. The predicted molar refractivity (Wildman–Crippen MR) is 161 cm³/mol. The van der Waals surface area contributed by atoms with Crippen LogP contribution in [0.1, 0.15) is 62.3 Å². The van der Waals surface area contributed by atoms with Gasteiger partial charge in [0.1, 0.15) is 17.6 Å². The fourth-order valence-electron chi connectivity index (χ4n) is 4.71. The van der Waals surface area contributed by atoms with E-state index in [4.69, 9.17) is 25.5 Å². The number of benzene rings is 2. The molecule has 10 heteroatoms. The third-order valence-corrected chi connectivity index (χ3v) is 7.77. The van der Waals surface area contributed by atoms with Gasteiger partial charge in [-0.25, -0.2) is 14.6 Å². The molecule has 8 nitrogen and oxygen atoms in total. The lowest BCUT2D eigenvalue weighted by Crippen LogP contribution is -2.40. The van der Waals surface area contributed by atoms with Crippen LogP contribution in [0.15, 0.2) is 86.1 Å². The highest BCUT2D eigenvalue weighted by Crippen LogP contribution is 2.34. The molecule has 2 aromatic carbocycles. The van der Waals surface area contributed by atoms with Crippen molar-refractivity contribution in [2.45, 2.75) is 52.9 Å². The molecule has 0 saturated heterocycles.